The second kappa shape index (κ2) is 5.16. The number of ether oxygens (including phenoxy) is 2. The molecule has 2 aliphatic rings. The van der Waals surface area contributed by atoms with Crippen LogP contribution in [0.3, 0.4) is 0 Å². The molecule has 0 aromatic carbocycles. The summed E-state index contributed by atoms with van der Waals surface area (Å²) in [4.78, 5) is 15.6. The molecule has 7 heteroatoms. The van der Waals surface area contributed by atoms with Gasteiger partial charge in [0.2, 0.25) is 5.95 Å². The lowest BCUT2D eigenvalue weighted by atomic mass is 9.95. The molecule has 3 rings (SSSR count). The Morgan fingerprint density at radius 1 is 1.58 bits per heavy atom. The van der Waals surface area contributed by atoms with E-state index in [2.05, 4.69) is 20.1 Å². The summed E-state index contributed by atoms with van der Waals surface area (Å²) >= 11 is 0. The zero-order valence-electron chi connectivity index (χ0n) is 11.0. The van der Waals surface area contributed by atoms with Crippen LogP contribution in [0.5, 0.6) is 0 Å². The van der Waals surface area contributed by atoms with E-state index in [0.717, 1.165) is 38.5 Å². The average molecular weight is 266 g/mol. The van der Waals surface area contributed by atoms with E-state index in [4.69, 9.17) is 4.74 Å². The SMILES string of the molecule is COC(=O)Cc1nc2n(n1)C(C1CCOC1)CCN2. The van der Waals surface area contributed by atoms with Crippen molar-refractivity contribution in [1.82, 2.24) is 14.8 Å². The van der Waals surface area contributed by atoms with Crippen molar-refractivity contribution in [2.24, 2.45) is 5.92 Å². The number of nitrogens with one attached hydrogen (secondary N) is 1. The van der Waals surface area contributed by atoms with Crippen LogP contribution in [0.2, 0.25) is 0 Å². The third-order valence-corrected chi connectivity index (χ3v) is 3.75. The number of methoxy groups -OCH3 is 1. The van der Waals surface area contributed by atoms with Gasteiger partial charge in [-0.1, -0.05) is 0 Å². The lowest BCUT2D eigenvalue weighted by Crippen LogP contribution is -2.29. The Kier molecular flexibility index (Phi) is 3.37. The maximum Gasteiger partial charge on any atom is 0.313 e. The molecule has 1 saturated heterocycles. The Morgan fingerprint density at radius 2 is 2.47 bits per heavy atom. The normalized spacial score (nSPS) is 25.7. The van der Waals surface area contributed by atoms with Crippen LogP contribution in [0.1, 0.15) is 24.7 Å². The largest absolute Gasteiger partial charge is 0.469 e. The molecule has 2 aliphatic heterocycles. The van der Waals surface area contributed by atoms with Gasteiger partial charge in [-0.15, -0.1) is 0 Å². The summed E-state index contributed by atoms with van der Waals surface area (Å²) in [5.74, 6) is 1.44. The summed E-state index contributed by atoms with van der Waals surface area (Å²) in [7, 11) is 1.37. The predicted molar refractivity (Wildman–Crippen MR) is 66.8 cm³/mol. The van der Waals surface area contributed by atoms with Crippen LogP contribution < -0.4 is 5.32 Å². The minimum atomic E-state index is -0.316. The fraction of sp³-hybridized carbons (Fsp3) is 0.750. The third kappa shape index (κ3) is 2.42. The lowest BCUT2D eigenvalue weighted by molar-refractivity contribution is -0.139. The molecule has 0 bridgehead atoms. The summed E-state index contributed by atoms with van der Waals surface area (Å²) < 4.78 is 12.0. The van der Waals surface area contributed by atoms with Gasteiger partial charge >= 0.3 is 5.97 Å². The van der Waals surface area contributed by atoms with Gasteiger partial charge in [-0.3, -0.25) is 4.79 Å². The zero-order valence-corrected chi connectivity index (χ0v) is 11.0. The van der Waals surface area contributed by atoms with E-state index in [1.54, 1.807) is 0 Å². The summed E-state index contributed by atoms with van der Waals surface area (Å²) in [6.07, 6.45) is 2.20. The molecule has 0 saturated carbocycles. The fourth-order valence-electron chi connectivity index (χ4n) is 2.74. The van der Waals surface area contributed by atoms with Gasteiger partial charge in [0, 0.05) is 19.1 Å². The van der Waals surface area contributed by atoms with Crippen molar-refractivity contribution in [3.05, 3.63) is 5.82 Å². The predicted octanol–water partition coefficient (Wildman–Crippen LogP) is 0.387. The van der Waals surface area contributed by atoms with Gasteiger partial charge < -0.3 is 14.8 Å². The Morgan fingerprint density at radius 3 is 3.21 bits per heavy atom. The van der Waals surface area contributed by atoms with Gasteiger partial charge in [-0.2, -0.15) is 10.1 Å². The zero-order chi connectivity index (χ0) is 13.2. The highest BCUT2D eigenvalue weighted by atomic mass is 16.5. The number of aromatic nitrogens is 3. The minimum Gasteiger partial charge on any atom is -0.469 e. The molecule has 3 heterocycles. The topological polar surface area (TPSA) is 78.3 Å². The second-order valence-corrected chi connectivity index (χ2v) is 4.96. The number of anilines is 1. The standard InChI is InChI=1S/C12H18N4O3/c1-18-11(17)6-10-14-12-13-4-2-9(16(12)15-10)8-3-5-19-7-8/h8-9H,2-7H2,1H3,(H,13,14,15). The fourth-order valence-corrected chi connectivity index (χ4v) is 2.74. The first-order valence-corrected chi connectivity index (χ1v) is 6.62. The van der Waals surface area contributed by atoms with E-state index in [1.807, 2.05) is 4.68 Å². The molecule has 0 aliphatic carbocycles. The molecule has 104 valence electrons. The van der Waals surface area contributed by atoms with E-state index in [1.165, 1.54) is 7.11 Å². The van der Waals surface area contributed by atoms with E-state index < -0.39 is 0 Å². The van der Waals surface area contributed by atoms with Crippen molar-refractivity contribution in [1.29, 1.82) is 0 Å². The molecule has 1 aromatic rings. The Labute approximate surface area is 111 Å². The van der Waals surface area contributed by atoms with Crippen molar-refractivity contribution < 1.29 is 14.3 Å². The quantitative estimate of drug-likeness (QED) is 0.797. The molecule has 0 amide bonds. The summed E-state index contributed by atoms with van der Waals surface area (Å²) in [5.41, 5.74) is 0. The van der Waals surface area contributed by atoms with Crippen LogP contribution in [0.25, 0.3) is 0 Å². The number of fused-ring (bicyclic) bond motifs is 1. The molecular weight excluding hydrogens is 248 g/mol. The van der Waals surface area contributed by atoms with E-state index >= 15 is 0 Å². The molecule has 2 atom stereocenters. The van der Waals surface area contributed by atoms with E-state index in [-0.39, 0.29) is 12.4 Å². The number of carbonyl (C=O) groups is 1. The van der Waals surface area contributed by atoms with Crippen molar-refractivity contribution in [2.75, 3.05) is 32.2 Å². The van der Waals surface area contributed by atoms with Crippen molar-refractivity contribution in [3.8, 4) is 0 Å². The monoisotopic (exact) mass is 266 g/mol. The van der Waals surface area contributed by atoms with Gasteiger partial charge in [-0.25, -0.2) is 4.68 Å². The highest BCUT2D eigenvalue weighted by Gasteiger charge is 2.32. The first-order chi connectivity index (χ1) is 9.28. The van der Waals surface area contributed by atoms with Gasteiger partial charge in [0.25, 0.3) is 0 Å². The number of nitrogens with zero attached hydrogens (tertiary/aromatic N) is 3. The average Bonchev–Trinajstić information content (AvgIpc) is 3.06. The van der Waals surface area contributed by atoms with Crippen LogP contribution >= 0.6 is 0 Å². The Balaban J connectivity index is 1.81. The third-order valence-electron chi connectivity index (χ3n) is 3.75. The molecular formula is C12H18N4O3. The number of rotatable bonds is 3. The highest BCUT2D eigenvalue weighted by Crippen LogP contribution is 2.33. The summed E-state index contributed by atoms with van der Waals surface area (Å²) in [6.45, 7) is 2.50. The first-order valence-electron chi connectivity index (χ1n) is 6.62. The molecule has 2 unspecified atom stereocenters. The second-order valence-electron chi connectivity index (χ2n) is 4.96. The molecule has 1 aromatic heterocycles. The van der Waals surface area contributed by atoms with Crippen LogP contribution in [0, 0.1) is 5.92 Å². The van der Waals surface area contributed by atoms with Crippen LogP contribution in [-0.2, 0) is 20.7 Å². The van der Waals surface area contributed by atoms with Crippen LogP contribution in [0.4, 0.5) is 5.95 Å². The molecule has 0 spiro atoms. The van der Waals surface area contributed by atoms with E-state index in [0.29, 0.717) is 17.8 Å². The molecule has 1 fully saturated rings. The van der Waals surface area contributed by atoms with E-state index in [9.17, 15) is 4.79 Å². The van der Waals surface area contributed by atoms with Gasteiger partial charge in [0.1, 0.15) is 6.42 Å². The number of esters is 1. The van der Waals surface area contributed by atoms with Gasteiger partial charge in [0.15, 0.2) is 5.82 Å². The van der Waals surface area contributed by atoms with Crippen LogP contribution in [-0.4, -0.2) is 47.6 Å². The number of hydrogen-bond acceptors (Lipinski definition) is 6. The summed E-state index contributed by atoms with van der Waals surface area (Å²) in [6, 6.07) is 0.317. The maximum absolute atomic E-state index is 11.3. The van der Waals surface area contributed by atoms with Crippen molar-refractivity contribution in [2.45, 2.75) is 25.3 Å². The van der Waals surface area contributed by atoms with Crippen LogP contribution in [0.15, 0.2) is 0 Å². The minimum absolute atomic E-state index is 0.117. The Hall–Kier alpha value is -1.63. The molecule has 19 heavy (non-hydrogen) atoms. The number of hydrogen-bond donors (Lipinski definition) is 1. The van der Waals surface area contributed by atoms with Crippen molar-refractivity contribution >= 4 is 11.9 Å². The lowest BCUT2D eigenvalue weighted by Gasteiger charge is -2.28. The molecule has 0 radical (unpaired) electrons. The Bertz CT molecular complexity index is 468. The van der Waals surface area contributed by atoms with Gasteiger partial charge in [-0.05, 0) is 12.8 Å². The van der Waals surface area contributed by atoms with Crippen molar-refractivity contribution in [3.63, 3.8) is 0 Å². The molecule has 7 nitrogen and oxygen atoms in total. The number of carbonyl (C=O) groups excluding carboxylic acids is 1. The smallest absolute Gasteiger partial charge is 0.313 e. The maximum atomic E-state index is 11.3. The highest BCUT2D eigenvalue weighted by molar-refractivity contribution is 5.71. The summed E-state index contributed by atoms with van der Waals surface area (Å²) in [5, 5.41) is 7.68. The first kappa shape index (κ1) is 12.4. The van der Waals surface area contributed by atoms with Gasteiger partial charge in [0.05, 0.1) is 19.8 Å². The molecule has 1 N–H and O–H groups in total.